The molecule has 2 nitrogen and oxygen atoms in total. The molecule has 0 atom stereocenters. The molecule has 2 aromatic carbocycles. The summed E-state index contributed by atoms with van der Waals surface area (Å²) in [7, 11) is 0. The zero-order chi connectivity index (χ0) is 12.4. The van der Waals surface area contributed by atoms with E-state index in [2.05, 4.69) is 24.3 Å². The molecule has 18 heavy (non-hydrogen) atoms. The van der Waals surface area contributed by atoms with Crippen LogP contribution in [0.1, 0.15) is 23.1 Å². The fourth-order valence-electron chi connectivity index (χ4n) is 2.46. The lowest BCUT2D eigenvalue weighted by Crippen LogP contribution is -2.08. The van der Waals surface area contributed by atoms with Crippen molar-refractivity contribution in [3.8, 4) is 5.75 Å². The third kappa shape index (κ3) is 2.33. The molecule has 1 aliphatic rings. The molecule has 3 rings (SSSR count). The van der Waals surface area contributed by atoms with Gasteiger partial charge < -0.3 is 10.5 Å². The molecule has 1 aliphatic heterocycles. The molecule has 0 unspecified atom stereocenters. The van der Waals surface area contributed by atoms with Crippen LogP contribution in [0.3, 0.4) is 0 Å². The van der Waals surface area contributed by atoms with Gasteiger partial charge in [0.15, 0.2) is 0 Å². The van der Waals surface area contributed by atoms with Crippen molar-refractivity contribution in [3.63, 3.8) is 0 Å². The molecule has 2 aromatic rings. The molecule has 0 spiro atoms. The van der Waals surface area contributed by atoms with Gasteiger partial charge in [-0.15, -0.1) is 0 Å². The molecule has 0 radical (unpaired) electrons. The van der Waals surface area contributed by atoms with E-state index in [1.165, 1.54) is 16.7 Å². The zero-order valence-corrected chi connectivity index (χ0v) is 10.4. The summed E-state index contributed by atoms with van der Waals surface area (Å²) >= 11 is 0. The highest BCUT2D eigenvalue weighted by Crippen LogP contribution is 2.26. The Morgan fingerprint density at radius 3 is 2.83 bits per heavy atom. The van der Waals surface area contributed by atoms with Crippen LogP contribution in [0.4, 0.5) is 5.69 Å². The van der Waals surface area contributed by atoms with Gasteiger partial charge in [-0.3, -0.25) is 0 Å². The van der Waals surface area contributed by atoms with Crippen LogP contribution in [0.2, 0.25) is 0 Å². The fraction of sp³-hybridized carbons (Fsp3) is 0.250. The maximum Gasteiger partial charge on any atom is 0.122 e. The third-order valence-corrected chi connectivity index (χ3v) is 3.33. The van der Waals surface area contributed by atoms with Crippen molar-refractivity contribution in [2.75, 3.05) is 12.3 Å². The monoisotopic (exact) mass is 239 g/mol. The number of benzene rings is 2. The summed E-state index contributed by atoms with van der Waals surface area (Å²) in [5.74, 6) is 1.05. The molecule has 92 valence electrons. The molecule has 1 heterocycles. The molecular weight excluding hydrogens is 222 g/mol. The molecular formula is C16H17NO. The van der Waals surface area contributed by atoms with Crippen LogP contribution in [-0.2, 0) is 12.8 Å². The van der Waals surface area contributed by atoms with E-state index in [0.29, 0.717) is 0 Å². The number of aryl methyl sites for hydroxylation is 1. The second-order valence-corrected chi connectivity index (χ2v) is 4.82. The summed E-state index contributed by atoms with van der Waals surface area (Å²) in [6.07, 6.45) is 3.17. The van der Waals surface area contributed by atoms with Crippen molar-refractivity contribution in [3.05, 3.63) is 59.2 Å². The number of nitrogen functional groups attached to an aromatic ring is 1. The van der Waals surface area contributed by atoms with Crippen molar-refractivity contribution in [2.24, 2.45) is 0 Å². The van der Waals surface area contributed by atoms with Gasteiger partial charge >= 0.3 is 0 Å². The number of ether oxygens (including phenoxy) is 1. The van der Waals surface area contributed by atoms with E-state index in [4.69, 9.17) is 10.5 Å². The minimum Gasteiger partial charge on any atom is -0.493 e. The predicted octanol–water partition coefficient (Wildman–Crippen LogP) is 3.18. The van der Waals surface area contributed by atoms with Crippen LogP contribution in [0.15, 0.2) is 42.5 Å². The number of rotatable bonds is 2. The van der Waals surface area contributed by atoms with Crippen molar-refractivity contribution in [1.29, 1.82) is 0 Å². The molecule has 0 bridgehead atoms. The second kappa shape index (κ2) is 4.73. The van der Waals surface area contributed by atoms with Crippen LogP contribution in [0, 0.1) is 0 Å². The highest BCUT2D eigenvalue weighted by molar-refractivity contribution is 5.44. The average Bonchev–Trinajstić information content (AvgIpc) is 2.39. The quantitative estimate of drug-likeness (QED) is 0.817. The maximum absolute atomic E-state index is 5.80. The number of fused-ring (bicyclic) bond motifs is 1. The summed E-state index contributed by atoms with van der Waals surface area (Å²) < 4.78 is 5.63. The van der Waals surface area contributed by atoms with E-state index in [1.54, 1.807) is 0 Å². The molecule has 0 saturated carbocycles. The summed E-state index contributed by atoms with van der Waals surface area (Å²) in [5.41, 5.74) is 10.5. The molecule has 0 aromatic heterocycles. The van der Waals surface area contributed by atoms with Crippen LogP contribution >= 0.6 is 0 Å². The zero-order valence-electron chi connectivity index (χ0n) is 10.4. The first kappa shape index (κ1) is 11.1. The average molecular weight is 239 g/mol. The van der Waals surface area contributed by atoms with E-state index in [9.17, 15) is 0 Å². The first-order valence-corrected chi connectivity index (χ1v) is 6.40. The van der Waals surface area contributed by atoms with Crippen molar-refractivity contribution >= 4 is 5.69 Å². The van der Waals surface area contributed by atoms with Crippen LogP contribution in [0.5, 0.6) is 5.75 Å². The molecule has 2 heteroatoms. The topological polar surface area (TPSA) is 35.2 Å². The predicted molar refractivity (Wildman–Crippen MR) is 73.9 cm³/mol. The van der Waals surface area contributed by atoms with Gasteiger partial charge in [0.25, 0.3) is 0 Å². The Bertz CT molecular complexity index is 563. The molecule has 0 aliphatic carbocycles. The standard InChI is InChI=1S/C16H17NO/c17-15-5-1-3-12(11-15)9-13-6-7-16-14(10-13)4-2-8-18-16/h1,3,5-7,10-11H,2,4,8-9,17H2. The Labute approximate surface area is 107 Å². The number of anilines is 1. The van der Waals surface area contributed by atoms with Gasteiger partial charge in [0.2, 0.25) is 0 Å². The lowest BCUT2D eigenvalue weighted by molar-refractivity contribution is 0.288. The fourth-order valence-corrected chi connectivity index (χ4v) is 2.46. The Kier molecular flexibility index (Phi) is 2.93. The summed E-state index contributed by atoms with van der Waals surface area (Å²) in [5, 5.41) is 0. The highest BCUT2D eigenvalue weighted by atomic mass is 16.5. The third-order valence-electron chi connectivity index (χ3n) is 3.33. The molecule has 2 N–H and O–H groups in total. The van der Waals surface area contributed by atoms with E-state index >= 15 is 0 Å². The molecule has 0 amide bonds. The number of nitrogens with two attached hydrogens (primary N) is 1. The first-order chi connectivity index (χ1) is 8.81. The SMILES string of the molecule is Nc1cccc(Cc2ccc3c(c2)CCCO3)c1. The lowest BCUT2D eigenvalue weighted by atomic mass is 9.99. The lowest BCUT2D eigenvalue weighted by Gasteiger charge is -2.17. The van der Waals surface area contributed by atoms with E-state index < -0.39 is 0 Å². The van der Waals surface area contributed by atoms with E-state index in [1.807, 2.05) is 18.2 Å². The van der Waals surface area contributed by atoms with Gasteiger partial charge in [0.1, 0.15) is 5.75 Å². The van der Waals surface area contributed by atoms with Crippen LogP contribution < -0.4 is 10.5 Å². The van der Waals surface area contributed by atoms with E-state index in [0.717, 1.165) is 37.3 Å². The summed E-state index contributed by atoms with van der Waals surface area (Å²) in [4.78, 5) is 0. The normalized spacial score (nSPS) is 13.8. The van der Waals surface area contributed by atoms with Gasteiger partial charge in [-0.2, -0.15) is 0 Å². The van der Waals surface area contributed by atoms with Crippen LogP contribution in [-0.4, -0.2) is 6.61 Å². The summed E-state index contributed by atoms with van der Waals surface area (Å²) in [6, 6.07) is 14.6. The Morgan fingerprint density at radius 1 is 1.06 bits per heavy atom. The first-order valence-electron chi connectivity index (χ1n) is 6.40. The molecule has 0 saturated heterocycles. The number of hydrogen-bond donors (Lipinski definition) is 1. The minimum atomic E-state index is 0.828. The smallest absolute Gasteiger partial charge is 0.122 e. The van der Waals surface area contributed by atoms with Gasteiger partial charge in [-0.25, -0.2) is 0 Å². The highest BCUT2D eigenvalue weighted by Gasteiger charge is 2.10. The van der Waals surface area contributed by atoms with Crippen molar-refractivity contribution in [1.82, 2.24) is 0 Å². The molecule has 0 fully saturated rings. The van der Waals surface area contributed by atoms with Gasteiger partial charge in [0, 0.05) is 5.69 Å². The largest absolute Gasteiger partial charge is 0.493 e. The van der Waals surface area contributed by atoms with Crippen molar-refractivity contribution in [2.45, 2.75) is 19.3 Å². The van der Waals surface area contributed by atoms with Crippen LogP contribution in [0.25, 0.3) is 0 Å². The second-order valence-electron chi connectivity index (χ2n) is 4.82. The van der Waals surface area contributed by atoms with Gasteiger partial charge in [0.05, 0.1) is 6.61 Å². The van der Waals surface area contributed by atoms with Gasteiger partial charge in [-0.1, -0.05) is 24.3 Å². The summed E-state index contributed by atoms with van der Waals surface area (Å²) in [6.45, 7) is 0.849. The Hall–Kier alpha value is -1.96. The number of hydrogen-bond acceptors (Lipinski definition) is 2. The minimum absolute atomic E-state index is 0.828. The Balaban J connectivity index is 1.85. The van der Waals surface area contributed by atoms with Crippen molar-refractivity contribution < 1.29 is 4.74 Å². The van der Waals surface area contributed by atoms with E-state index in [-0.39, 0.29) is 0 Å². The maximum atomic E-state index is 5.80. The Morgan fingerprint density at radius 2 is 1.94 bits per heavy atom. The van der Waals surface area contributed by atoms with Gasteiger partial charge in [-0.05, 0) is 54.2 Å².